The van der Waals surface area contributed by atoms with Crippen molar-refractivity contribution < 1.29 is 0 Å². The maximum Gasteiger partial charge on any atom is 0.249 e. The maximum atomic E-state index is 11.3. The van der Waals surface area contributed by atoms with Gasteiger partial charge in [-0.15, -0.1) is 24.0 Å². The number of hydrogen-bond acceptors (Lipinski definition) is 4. The average molecular weight is 234 g/mol. The molecule has 1 N–H and O–H groups in total. The molecule has 2 rings (SSSR count). The molecule has 0 aromatic carbocycles. The summed E-state index contributed by atoms with van der Waals surface area (Å²) in [7, 11) is 0. The highest BCUT2D eigenvalue weighted by Gasteiger charge is 2.10. The fourth-order valence-electron chi connectivity index (χ4n) is 1.29. The van der Waals surface area contributed by atoms with E-state index in [2.05, 4.69) is 17.6 Å². The Labute approximate surface area is 95.4 Å². The van der Waals surface area contributed by atoms with Crippen LogP contribution >= 0.6 is 24.0 Å². The molecular formula is C10H6N2OS2. The van der Waals surface area contributed by atoms with Crippen LogP contribution in [-0.2, 0) is 0 Å². The number of pyridine rings is 1. The molecule has 74 valence electrons. The number of nitriles is 1. The van der Waals surface area contributed by atoms with Gasteiger partial charge in [0, 0.05) is 16.5 Å². The summed E-state index contributed by atoms with van der Waals surface area (Å²) in [6, 6.07) is 7.20. The van der Waals surface area contributed by atoms with Crippen LogP contribution in [0.15, 0.2) is 33.4 Å². The fourth-order valence-corrected chi connectivity index (χ4v) is 2.31. The highest BCUT2D eigenvalue weighted by atomic mass is 32.1. The van der Waals surface area contributed by atoms with Gasteiger partial charge < -0.3 is 4.98 Å². The minimum atomic E-state index is -0.248. The lowest BCUT2D eigenvalue weighted by Gasteiger charge is -2.02. The van der Waals surface area contributed by atoms with Gasteiger partial charge in [-0.25, -0.2) is 0 Å². The number of thiophene rings is 1. The number of nitrogens with one attached hydrogen (secondary N) is 1. The number of rotatable bonds is 1. The van der Waals surface area contributed by atoms with Gasteiger partial charge in [0.05, 0.1) is 10.6 Å². The molecule has 0 aliphatic rings. The van der Waals surface area contributed by atoms with E-state index in [1.54, 1.807) is 0 Å². The fraction of sp³-hybridized carbons (Fsp3) is 0. The number of H-pyrrole nitrogens is 1. The Morgan fingerprint density at radius 1 is 1.53 bits per heavy atom. The third kappa shape index (κ3) is 1.82. The molecule has 0 unspecified atom stereocenters. The van der Waals surface area contributed by atoms with E-state index >= 15 is 0 Å². The maximum absolute atomic E-state index is 11.3. The van der Waals surface area contributed by atoms with E-state index < -0.39 is 0 Å². The molecule has 0 spiro atoms. The number of aromatic nitrogens is 1. The summed E-state index contributed by atoms with van der Waals surface area (Å²) >= 11 is 5.56. The number of hydrogen-bond donors (Lipinski definition) is 2. The van der Waals surface area contributed by atoms with Crippen molar-refractivity contribution in [2.24, 2.45) is 0 Å². The number of nitrogens with zero attached hydrogens (tertiary/aromatic N) is 1. The molecule has 2 heterocycles. The van der Waals surface area contributed by atoms with Crippen molar-refractivity contribution in [2.75, 3.05) is 0 Å². The minimum Gasteiger partial charge on any atom is -0.316 e. The summed E-state index contributed by atoms with van der Waals surface area (Å²) in [6.07, 6.45) is 0. The molecule has 5 heteroatoms. The third-order valence-electron chi connectivity index (χ3n) is 1.92. The Bertz CT molecular complexity index is 578. The summed E-state index contributed by atoms with van der Waals surface area (Å²) in [5, 5.41) is 11.2. The van der Waals surface area contributed by atoms with E-state index in [9.17, 15) is 4.79 Å². The van der Waals surface area contributed by atoms with E-state index in [-0.39, 0.29) is 5.56 Å². The molecular weight excluding hydrogens is 228 g/mol. The van der Waals surface area contributed by atoms with Gasteiger partial charge >= 0.3 is 0 Å². The van der Waals surface area contributed by atoms with Crippen LogP contribution in [0.4, 0.5) is 0 Å². The summed E-state index contributed by atoms with van der Waals surface area (Å²) < 4.78 is 0. The number of thiol groups is 1. The largest absolute Gasteiger partial charge is 0.316 e. The predicted octanol–water partition coefficient (Wildman–Crippen LogP) is 2.26. The van der Waals surface area contributed by atoms with Crippen LogP contribution in [0.5, 0.6) is 0 Å². The van der Waals surface area contributed by atoms with Crippen molar-refractivity contribution in [2.45, 2.75) is 5.03 Å². The lowest BCUT2D eigenvalue weighted by Crippen LogP contribution is -2.06. The standard InChI is InChI=1S/C10H6N2OS2/c11-5-7-6(8-2-1-3-15-8)4-9(13)12-10(7)14/h1-4H,(H2,12,13,14). The van der Waals surface area contributed by atoms with Crippen molar-refractivity contribution in [1.82, 2.24) is 4.98 Å². The van der Waals surface area contributed by atoms with Gasteiger partial charge in [0.15, 0.2) is 0 Å². The summed E-state index contributed by atoms with van der Waals surface area (Å²) in [5.41, 5.74) is 0.795. The van der Waals surface area contributed by atoms with Crippen LogP contribution in [0, 0.1) is 11.3 Å². The molecule has 0 atom stereocenters. The molecule has 0 aliphatic heterocycles. The summed E-state index contributed by atoms with van der Waals surface area (Å²) in [5.74, 6) is 0. The molecule has 2 aromatic rings. The van der Waals surface area contributed by atoms with Crippen LogP contribution in [0.3, 0.4) is 0 Å². The van der Waals surface area contributed by atoms with Crippen LogP contribution in [0.2, 0.25) is 0 Å². The van der Waals surface area contributed by atoms with Crippen molar-refractivity contribution in [3.8, 4) is 16.5 Å². The molecule has 0 fully saturated rings. The lowest BCUT2D eigenvalue weighted by atomic mass is 10.1. The molecule has 3 nitrogen and oxygen atoms in total. The second-order valence-electron chi connectivity index (χ2n) is 2.86. The molecule has 15 heavy (non-hydrogen) atoms. The van der Waals surface area contributed by atoms with Gasteiger partial charge in [0.2, 0.25) is 5.56 Å². The van der Waals surface area contributed by atoms with Gasteiger partial charge in [-0.2, -0.15) is 5.26 Å². The monoisotopic (exact) mass is 234 g/mol. The smallest absolute Gasteiger partial charge is 0.249 e. The highest BCUT2D eigenvalue weighted by molar-refractivity contribution is 7.80. The van der Waals surface area contributed by atoms with Gasteiger partial charge in [-0.1, -0.05) is 6.07 Å². The molecule has 0 saturated carbocycles. The van der Waals surface area contributed by atoms with Gasteiger partial charge in [-0.3, -0.25) is 4.79 Å². The Kier molecular flexibility index (Phi) is 2.62. The second-order valence-corrected chi connectivity index (χ2v) is 4.25. The molecule has 0 radical (unpaired) electrons. The quantitative estimate of drug-likeness (QED) is 0.744. The lowest BCUT2D eigenvalue weighted by molar-refractivity contribution is 1.07. The minimum absolute atomic E-state index is 0.248. The van der Waals surface area contributed by atoms with Crippen molar-refractivity contribution in [3.63, 3.8) is 0 Å². The highest BCUT2D eigenvalue weighted by Crippen LogP contribution is 2.28. The first kappa shape index (κ1) is 10.0. The normalized spacial score (nSPS) is 9.87. The first-order valence-corrected chi connectivity index (χ1v) is 5.45. The first-order chi connectivity index (χ1) is 7.22. The number of aromatic amines is 1. The van der Waals surface area contributed by atoms with Crippen molar-refractivity contribution in [3.05, 3.63) is 39.5 Å². The van der Waals surface area contributed by atoms with Crippen LogP contribution in [-0.4, -0.2) is 4.98 Å². The van der Waals surface area contributed by atoms with E-state index in [1.807, 2.05) is 23.6 Å². The zero-order chi connectivity index (χ0) is 10.8. The van der Waals surface area contributed by atoms with Crippen LogP contribution in [0.25, 0.3) is 10.4 Å². The van der Waals surface area contributed by atoms with Crippen molar-refractivity contribution >= 4 is 24.0 Å². The molecule has 2 aromatic heterocycles. The Morgan fingerprint density at radius 3 is 2.93 bits per heavy atom. The van der Waals surface area contributed by atoms with Gasteiger partial charge in [0.25, 0.3) is 0 Å². The van der Waals surface area contributed by atoms with E-state index in [0.29, 0.717) is 16.2 Å². The Morgan fingerprint density at radius 2 is 2.33 bits per heavy atom. The summed E-state index contributed by atoms with van der Waals surface area (Å²) in [6.45, 7) is 0. The molecule has 0 saturated heterocycles. The zero-order valence-electron chi connectivity index (χ0n) is 7.52. The Hall–Kier alpha value is -1.51. The molecule has 0 aliphatic carbocycles. The second kappa shape index (κ2) is 3.93. The molecule has 0 bridgehead atoms. The zero-order valence-corrected chi connectivity index (χ0v) is 9.23. The van der Waals surface area contributed by atoms with Gasteiger partial charge in [0.1, 0.15) is 6.07 Å². The summed E-state index contributed by atoms with van der Waals surface area (Å²) in [4.78, 5) is 14.6. The predicted molar refractivity (Wildman–Crippen MR) is 62.3 cm³/mol. The van der Waals surface area contributed by atoms with E-state index in [1.165, 1.54) is 17.4 Å². The first-order valence-electron chi connectivity index (χ1n) is 4.12. The van der Waals surface area contributed by atoms with Gasteiger partial charge in [-0.05, 0) is 11.4 Å². The topological polar surface area (TPSA) is 56.6 Å². The average Bonchev–Trinajstić information content (AvgIpc) is 2.69. The Balaban J connectivity index is 2.77. The van der Waals surface area contributed by atoms with Crippen molar-refractivity contribution in [1.29, 1.82) is 5.26 Å². The van der Waals surface area contributed by atoms with E-state index in [4.69, 9.17) is 5.26 Å². The SMILES string of the molecule is N#Cc1c(-c2cccs2)cc(=O)[nH]c1S. The molecule has 0 amide bonds. The van der Waals surface area contributed by atoms with Crippen LogP contribution < -0.4 is 5.56 Å². The third-order valence-corrected chi connectivity index (χ3v) is 3.16. The van der Waals surface area contributed by atoms with Crippen LogP contribution in [0.1, 0.15) is 5.56 Å². The van der Waals surface area contributed by atoms with E-state index in [0.717, 1.165) is 4.88 Å².